The molecule has 1 fully saturated rings. The molecule has 1 amide bonds. The number of amides is 1. The Hall–Kier alpha value is -1.92. The number of rotatable bonds is 3. The molecule has 1 N–H and O–H groups in total. The maximum atomic E-state index is 12.8. The molecule has 2 aliphatic heterocycles. The largest absolute Gasteiger partial charge is 0.396 e. The van der Waals surface area contributed by atoms with Crippen LogP contribution in [0.5, 0.6) is 0 Å². The van der Waals surface area contributed by atoms with Gasteiger partial charge in [-0.05, 0) is 26.1 Å². The number of fused-ring (bicyclic) bond motifs is 4. The molecule has 1 saturated heterocycles. The Labute approximate surface area is 142 Å². The molecule has 130 valence electrons. The van der Waals surface area contributed by atoms with E-state index in [2.05, 4.69) is 4.90 Å². The summed E-state index contributed by atoms with van der Waals surface area (Å²) in [5.74, 6) is -0.494. The maximum absolute atomic E-state index is 12.8. The zero-order valence-corrected chi connectivity index (χ0v) is 14.6. The van der Waals surface area contributed by atoms with Gasteiger partial charge in [0.2, 0.25) is 5.91 Å². The van der Waals surface area contributed by atoms with Crippen LogP contribution in [0, 0.1) is 11.8 Å². The van der Waals surface area contributed by atoms with E-state index in [1.807, 2.05) is 38.3 Å². The van der Waals surface area contributed by atoms with E-state index in [0.29, 0.717) is 12.1 Å². The van der Waals surface area contributed by atoms with Crippen LogP contribution in [0.3, 0.4) is 0 Å². The van der Waals surface area contributed by atoms with Crippen molar-refractivity contribution in [3.8, 4) is 0 Å². The molecule has 2 aliphatic rings. The van der Waals surface area contributed by atoms with Crippen LogP contribution < -0.4 is 5.56 Å². The van der Waals surface area contributed by atoms with Gasteiger partial charge < -0.3 is 14.6 Å². The van der Waals surface area contributed by atoms with Gasteiger partial charge in [-0.3, -0.25) is 14.5 Å². The summed E-state index contributed by atoms with van der Waals surface area (Å²) in [5, 5.41) is 9.92. The molecule has 1 aromatic heterocycles. The average molecular weight is 331 g/mol. The van der Waals surface area contributed by atoms with Crippen LogP contribution in [0.1, 0.15) is 24.2 Å². The molecule has 3 heterocycles. The van der Waals surface area contributed by atoms with Crippen LogP contribution >= 0.6 is 0 Å². The molecule has 0 radical (unpaired) electrons. The van der Waals surface area contributed by atoms with Crippen LogP contribution in [-0.4, -0.2) is 59.2 Å². The summed E-state index contributed by atoms with van der Waals surface area (Å²) in [6.45, 7) is 2.34. The summed E-state index contributed by atoms with van der Waals surface area (Å²) in [6, 6.07) is 3.58. The summed E-state index contributed by atoms with van der Waals surface area (Å²) in [5.41, 5.74) is 1.49. The summed E-state index contributed by atoms with van der Waals surface area (Å²) in [4.78, 5) is 29.3. The van der Waals surface area contributed by atoms with Gasteiger partial charge in [0.05, 0.1) is 12.0 Å². The van der Waals surface area contributed by atoms with Gasteiger partial charge in [-0.15, -0.1) is 0 Å². The van der Waals surface area contributed by atoms with Gasteiger partial charge in [-0.2, -0.15) is 0 Å². The van der Waals surface area contributed by atoms with E-state index in [1.54, 1.807) is 23.6 Å². The van der Waals surface area contributed by atoms with Crippen LogP contribution in [0.4, 0.5) is 0 Å². The Morgan fingerprint density at radius 2 is 2.12 bits per heavy atom. The van der Waals surface area contributed by atoms with Crippen molar-refractivity contribution in [2.24, 2.45) is 11.8 Å². The maximum Gasteiger partial charge on any atom is 0.258 e. The molecule has 24 heavy (non-hydrogen) atoms. The van der Waals surface area contributed by atoms with E-state index in [1.165, 1.54) is 0 Å². The predicted octanol–water partition coefficient (Wildman–Crippen LogP) is 0.563. The third kappa shape index (κ3) is 2.32. The Morgan fingerprint density at radius 3 is 2.71 bits per heavy atom. The van der Waals surface area contributed by atoms with E-state index in [4.69, 9.17) is 0 Å². The van der Waals surface area contributed by atoms with Crippen molar-refractivity contribution < 1.29 is 9.90 Å². The fraction of sp³-hybridized carbons (Fsp3) is 0.556. The fourth-order valence-corrected chi connectivity index (χ4v) is 4.29. The number of hydrogen-bond donors (Lipinski definition) is 1. The Morgan fingerprint density at radius 1 is 1.42 bits per heavy atom. The molecule has 6 nitrogen and oxygen atoms in total. The number of pyridine rings is 1. The van der Waals surface area contributed by atoms with Crippen LogP contribution in [0.15, 0.2) is 23.0 Å². The predicted molar refractivity (Wildman–Crippen MR) is 92.5 cm³/mol. The fourth-order valence-electron chi connectivity index (χ4n) is 4.29. The number of carbonyl (C=O) groups is 1. The summed E-state index contributed by atoms with van der Waals surface area (Å²) < 4.78 is 1.79. The van der Waals surface area contributed by atoms with Gasteiger partial charge in [-0.25, -0.2) is 0 Å². The molecule has 4 atom stereocenters. The van der Waals surface area contributed by atoms with Crippen LogP contribution in [0.2, 0.25) is 0 Å². The summed E-state index contributed by atoms with van der Waals surface area (Å²) in [6.07, 6.45) is 3.66. The molecule has 6 heteroatoms. The number of likely N-dealkylation sites (N-methyl/N-ethyl adjacent to an activating group) is 1. The lowest BCUT2D eigenvalue weighted by atomic mass is 9.86. The van der Waals surface area contributed by atoms with Gasteiger partial charge >= 0.3 is 0 Å². The lowest BCUT2D eigenvalue weighted by molar-refractivity contribution is -0.135. The van der Waals surface area contributed by atoms with Gasteiger partial charge in [-0.1, -0.05) is 12.2 Å². The van der Waals surface area contributed by atoms with Crippen molar-refractivity contribution in [1.82, 2.24) is 14.4 Å². The third-order valence-corrected chi connectivity index (χ3v) is 5.45. The number of hydrogen-bond acceptors (Lipinski definition) is 4. The first kappa shape index (κ1) is 16.9. The van der Waals surface area contributed by atoms with E-state index < -0.39 is 0 Å². The highest BCUT2D eigenvalue weighted by Gasteiger charge is 2.54. The molecular weight excluding hydrogens is 306 g/mol. The van der Waals surface area contributed by atoms with E-state index in [-0.39, 0.29) is 42.0 Å². The molecule has 2 bridgehead atoms. The zero-order valence-electron chi connectivity index (χ0n) is 14.6. The first-order chi connectivity index (χ1) is 11.4. The molecule has 0 saturated carbocycles. The minimum atomic E-state index is -0.333. The van der Waals surface area contributed by atoms with E-state index in [9.17, 15) is 14.7 Å². The van der Waals surface area contributed by atoms with Gasteiger partial charge in [0.1, 0.15) is 0 Å². The van der Waals surface area contributed by atoms with Gasteiger partial charge in [0.15, 0.2) is 0 Å². The topological polar surface area (TPSA) is 65.8 Å². The highest BCUT2D eigenvalue weighted by Crippen LogP contribution is 2.47. The first-order valence-corrected chi connectivity index (χ1v) is 8.32. The highest BCUT2D eigenvalue weighted by atomic mass is 16.3. The second-order valence-corrected chi connectivity index (χ2v) is 6.91. The molecule has 1 aromatic rings. The minimum Gasteiger partial charge on any atom is -0.396 e. The minimum absolute atomic E-state index is 0.00632. The molecule has 0 aromatic carbocycles. The third-order valence-electron chi connectivity index (χ3n) is 5.45. The second kappa shape index (κ2) is 6.18. The number of aromatic nitrogens is 1. The Kier molecular flexibility index (Phi) is 4.36. The van der Waals surface area contributed by atoms with Crippen LogP contribution in [-0.2, 0) is 11.3 Å². The van der Waals surface area contributed by atoms with Gasteiger partial charge in [0, 0.05) is 50.5 Å². The van der Waals surface area contributed by atoms with Crippen molar-refractivity contribution in [2.75, 3.05) is 27.7 Å². The monoisotopic (exact) mass is 331 g/mol. The molecular formula is C18H25N3O3. The van der Waals surface area contributed by atoms with E-state index >= 15 is 0 Å². The molecule has 0 unspecified atom stereocenters. The molecule has 0 aliphatic carbocycles. The molecule has 0 spiro atoms. The van der Waals surface area contributed by atoms with Gasteiger partial charge in [0.25, 0.3) is 5.56 Å². The average Bonchev–Trinajstić information content (AvgIpc) is 2.73. The quantitative estimate of drug-likeness (QED) is 0.879. The lowest BCUT2D eigenvalue weighted by Crippen LogP contribution is -2.44. The van der Waals surface area contributed by atoms with Crippen molar-refractivity contribution in [3.63, 3.8) is 0 Å². The number of nitrogens with zero attached hydrogens (tertiary/aromatic N) is 3. The second-order valence-electron chi connectivity index (χ2n) is 6.91. The lowest BCUT2D eigenvalue weighted by Gasteiger charge is -2.35. The summed E-state index contributed by atoms with van der Waals surface area (Å²) in [7, 11) is 5.46. The Balaban J connectivity index is 2.15. The van der Waals surface area contributed by atoms with Crippen molar-refractivity contribution in [3.05, 3.63) is 39.8 Å². The Bertz CT molecular complexity index is 738. The smallest absolute Gasteiger partial charge is 0.258 e. The SMILES string of the molecule is C/C=C\c1ccc2n(c1=O)C[C@@H]1[C@@H](CO)[C@H](C(=O)N(C)C)[C@H]2N1C. The zero-order chi connectivity index (χ0) is 17.6. The number of aliphatic hydroxyl groups is 1. The van der Waals surface area contributed by atoms with Crippen molar-refractivity contribution in [1.29, 1.82) is 0 Å². The van der Waals surface area contributed by atoms with E-state index in [0.717, 1.165) is 5.69 Å². The standard InChI is InChI=1S/C18H25N3O3/c1-5-6-11-7-8-13-16-15(18(24)19(2)3)12(10-22)14(20(16)4)9-21(13)17(11)23/h5-8,12,14-16,22H,9-10H2,1-4H3/b6-5-/t12-,14-,15+,16+/m1/s1. The normalized spacial score (nSPS) is 29.0. The van der Waals surface area contributed by atoms with Crippen LogP contribution in [0.25, 0.3) is 6.08 Å². The number of aliphatic hydroxyl groups excluding tert-OH is 1. The number of carbonyl (C=O) groups excluding carboxylic acids is 1. The summed E-state index contributed by atoms with van der Waals surface area (Å²) >= 11 is 0. The van der Waals surface area contributed by atoms with Crippen molar-refractivity contribution >= 4 is 12.0 Å². The van der Waals surface area contributed by atoms with Crippen molar-refractivity contribution in [2.45, 2.75) is 25.6 Å². The molecule has 3 rings (SSSR count). The first-order valence-electron chi connectivity index (χ1n) is 8.32. The number of allylic oxidation sites excluding steroid dienone is 1. The highest BCUT2D eigenvalue weighted by molar-refractivity contribution is 5.80.